The van der Waals surface area contributed by atoms with Crippen LogP contribution in [0.2, 0.25) is 0 Å². The highest BCUT2D eigenvalue weighted by molar-refractivity contribution is 5.57. The molecule has 2 rings (SSSR count). The number of anilines is 1. The highest BCUT2D eigenvalue weighted by Crippen LogP contribution is 2.26. The van der Waals surface area contributed by atoms with Gasteiger partial charge in [-0.15, -0.1) is 0 Å². The summed E-state index contributed by atoms with van der Waals surface area (Å²) in [6.07, 6.45) is 0.927. The second-order valence-corrected chi connectivity index (χ2v) is 4.95. The van der Waals surface area contributed by atoms with Gasteiger partial charge in [-0.05, 0) is 48.7 Å². The molecule has 1 N–H and O–H groups in total. The molecule has 0 unspecified atom stereocenters. The van der Waals surface area contributed by atoms with E-state index < -0.39 is 11.6 Å². The Balaban J connectivity index is 2.09. The van der Waals surface area contributed by atoms with E-state index in [9.17, 15) is 8.78 Å². The van der Waals surface area contributed by atoms with Crippen molar-refractivity contribution in [1.29, 1.82) is 0 Å². The number of aryl methyl sites for hydroxylation is 1. The van der Waals surface area contributed by atoms with Gasteiger partial charge in [0.2, 0.25) is 0 Å². The van der Waals surface area contributed by atoms with Gasteiger partial charge in [-0.3, -0.25) is 0 Å². The molecule has 0 aromatic heterocycles. The van der Waals surface area contributed by atoms with E-state index in [1.54, 1.807) is 6.07 Å². The Morgan fingerprint density at radius 1 is 1.05 bits per heavy atom. The number of nitrogens with one attached hydrogen (secondary N) is 1. The lowest BCUT2D eigenvalue weighted by atomic mass is 10.2. The third kappa shape index (κ3) is 4.18. The molecular weight excluding hydrogens is 272 g/mol. The first-order valence-corrected chi connectivity index (χ1v) is 7.01. The molecule has 0 radical (unpaired) electrons. The molecule has 0 spiro atoms. The van der Waals surface area contributed by atoms with Gasteiger partial charge in [0.15, 0.2) is 11.6 Å². The van der Waals surface area contributed by atoms with Crippen LogP contribution in [0.4, 0.5) is 14.5 Å². The van der Waals surface area contributed by atoms with Crippen molar-refractivity contribution in [2.45, 2.75) is 26.8 Å². The Morgan fingerprint density at radius 3 is 2.57 bits per heavy atom. The van der Waals surface area contributed by atoms with Crippen LogP contribution in [-0.4, -0.2) is 6.61 Å². The zero-order chi connectivity index (χ0) is 15.2. The van der Waals surface area contributed by atoms with E-state index in [0.717, 1.165) is 29.5 Å². The van der Waals surface area contributed by atoms with Crippen LogP contribution in [0.3, 0.4) is 0 Å². The van der Waals surface area contributed by atoms with Gasteiger partial charge in [0.25, 0.3) is 0 Å². The summed E-state index contributed by atoms with van der Waals surface area (Å²) >= 11 is 0. The van der Waals surface area contributed by atoms with Crippen LogP contribution in [0.25, 0.3) is 0 Å². The molecule has 0 aliphatic rings. The summed E-state index contributed by atoms with van der Waals surface area (Å²) < 4.78 is 31.8. The van der Waals surface area contributed by atoms with Gasteiger partial charge in [-0.2, -0.15) is 0 Å². The first-order valence-electron chi connectivity index (χ1n) is 7.01. The first-order chi connectivity index (χ1) is 10.1. The Kier molecular flexibility index (Phi) is 5.14. The van der Waals surface area contributed by atoms with Crippen molar-refractivity contribution in [3.05, 3.63) is 59.2 Å². The summed E-state index contributed by atoms with van der Waals surface area (Å²) in [5.41, 5.74) is 2.63. The van der Waals surface area contributed by atoms with Crippen molar-refractivity contribution < 1.29 is 13.5 Å². The fourth-order valence-electron chi connectivity index (χ4n) is 1.95. The monoisotopic (exact) mass is 291 g/mol. The molecule has 0 aliphatic heterocycles. The van der Waals surface area contributed by atoms with E-state index in [4.69, 9.17) is 4.74 Å². The molecule has 0 aliphatic carbocycles. The molecule has 4 heteroatoms. The van der Waals surface area contributed by atoms with Crippen LogP contribution in [0.5, 0.6) is 5.75 Å². The molecule has 112 valence electrons. The molecular formula is C17H19F2NO. The topological polar surface area (TPSA) is 21.3 Å². The summed E-state index contributed by atoms with van der Waals surface area (Å²) in [5, 5.41) is 3.20. The third-order valence-corrected chi connectivity index (χ3v) is 3.07. The van der Waals surface area contributed by atoms with E-state index in [1.165, 1.54) is 6.07 Å². The number of benzene rings is 2. The van der Waals surface area contributed by atoms with Crippen LogP contribution in [0.15, 0.2) is 36.4 Å². The molecule has 0 bridgehead atoms. The van der Waals surface area contributed by atoms with Crippen LogP contribution >= 0.6 is 0 Å². The maximum atomic E-state index is 13.2. The summed E-state index contributed by atoms with van der Waals surface area (Å²) in [6, 6.07) is 9.76. The van der Waals surface area contributed by atoms with Crippen LogP contribution in [0.1, 0.15) is 24.5 Å². The molecule has 0 saturated heterocycles. The normalized spacial score (nSPS) is 10.5. The SMILES string of the molecule is CCCOc1cc(C)ccc1NCc1ccc(F)c(F)c1. The van der Waals surface area contributed by atoms with Gasteiger partial charge in [0, 0.05) is 6.54 Å². The quantitative estimate of drug-likeness (QED) is 0.834. The van der Waals surface area contributed by atoms with Gasteiger partial charge in [-0.1, -0.05) is 19.1 Å². The minimum Gasteiger partial charge on any atom is -0.491 e. The van der Waals surface area contributed by atoms with E-state index in [1.807, 2.05) is 32.0 Å². The molecule has 0 heterocycles. The van der Waals surface area contributed by atoms with Gasteiger partial charge in [0.1, 0.15) is 5.75 Å². The number of hydrogen-bond acceptors (Lipinski definition) is 2. The van der Waals surface area contributed by atoms with E-state index in [0.29, 0.717) is 18.7 Å². The molecule has 21 heavy (non-hydrogen) atoms. The smallest absolute Gasteiger partial charge is 0.159 e. The van der Waals surface area contributed by atoms with E-state index >= 15 is 0 Å². The molecule has 2 nitrogen and oxygen atoms in total. The molecule has 0 fully saturated rings. The van der Waals surface area contributed by atoms with Gasteiger partial charge in [0.05, 0.1) is 12.3 Å². The lowest BCUT2D eigenvalue weighted by molar-refractivity contribution is 0.318. The number of halogens is 2. The highest BCUT2D eigenvalue weighted by atomic mass is 19.2. The second kappa shape index (κ2) is 7.07. The zero-order valence-electron chi connectivity index (χ0n) is 12.2. The maximum Gasteiger partial charge on any atom is 0.159 e. The minimum atomic E-state index is -0.833. The van der Waals surface area contributed by atoms with Gasteiger partial charge < -0.3 is 10.1 Å². The lowest BCUT2D eigenvalue weighted by Crippen LogP contribution is -2.04. The Hall–Kier alpha value is -2.10. The lowest BCUT2D eigenvalue weighted by Gasteiger charge is -2.14. The fourth-order valence-corrected chi connectivity index (χ4v) is 1.95. The average Bonchev–Trinajstić information content (AvgIpc) is 2.47. The minimum absolute atomic E-state index is 0.406. The highest BCUT2D eigenvalue weighted by Gasteiger charge is 2.06. The van der Waals surface area contributed by atoms with Gasteiger partial charge >= 0.3 is 0 Å². The Labute approximate surface area is 123 Å². The molecule has 2 aromatic carbocycles. The molecule has 0 atom stereocenters. The zero-order valence-corrected chi connectivity index (χ0v) is 12.2. The fraction of sp³-hybridized carbons (Fsp3) is 0.294. The molecule has 0 saturated carbocycles. The predicted octanol–water partition coefficient (Wildman–Crippen LogP) is 4.67. The van der Waals surface area contributed by atoms with Crippen LogP contribution in [-0.2, 0) is 6.54 Å². The standard InChI is InChI=1S/C17H19F2NO/c1-3-8-21-17-9-12(2)4-7-16(17)20-11-13-5-6-14(18)15(19)10-13/h4-7,9-10,20H,3,8,11H2,1-2H3. The third-order valence-electron chi connectivity index (χ3n) is 3.07. The van der Waals surface area contributed by atoms with Crippen molar-refractivity contribution in [1.82, 2.24) is 0 Å². The molecule has 0 amide bonds. The first kappa shape index (κ1) is 15.3. The number of ether oxygens (including phenoxy) is 1. The van der Waals surface area contributed by atoms with Crippen molar-refractivity contribution in [3.8, 4) is 5.75 Å². The van der Waals surface area contributed by atoms with Crippen molar-refractivity contribution >= 4 is 5.69 Å². The van der Waals surface area contributed by atoms with Crippen molar-refractivity contribution in [3.63, 3.8) is 0 Å². The maximum absolute atomic E-state index is 13.2. The Bertz CT molecular complexity index is 614. The van der Waals surface area contributed by atoms with E-state index in [-0.39, 0.29) is 0 Å². The number of hydrogen-bond donors (Lipinski definition) is 1. The van der Waals surface area contributed by atoms with Crippen LogP contribution < -0.4 is 10.1 Å². The predicted molar refractivity (Wildman–Crippen MR) is 80.6 cm³/mol. The number of rotatable bonds is 6. The average molecular weight is 291 g/mol. The van der Waals surface area contributed by atoms with Gasteiger partial charge in [-0.25, -0.2) is 8.78 Å². The van der Waals surface area contributed by atoms with Crippen molar-refractivity contribution in [2.75, 3.05) is 11.9 Å². The van der Waals surface area contributed by atoms with Crippen molar-refractivity contribution in [2.24, 2.45) is 0 Å². The summed E-state index contributed by atoms with van der Waals surface area (Å²) in [5.74, 6) is -0.888. The largest absolute Gasteiger partial charge is 0.491 e. The Morgan fingerprint density at radius 2 is 1.86 bits per heavy atom. The summed E-state index contributed by atoms with van der Waals surface area (Å²) in [7, 11) is 0. The summed E-state index contributed by atoms with van der Waals surface area (Å²) in [6.45, 7) is 5.09. The van der Waals surface area contributed by atoms with Crippen LogP contribution in [0, 0.1) is 18.6 Å². The molecule has 2 aromatic rings. The summed E-state index contributed by atoms with van der Waals surface area (Å²) in [4.78, 5) is 0. The second-order valence-electron chi connectivity index (χ2n) is 4.95. The van der Waals surface area contributed by atoms with E-state index in [2.05, 4.69) is 5.32 Å².